The van der Waals surface area contributed by atoms with Crippen molar-refractivity contribution in [3.8, 4) is 0 Å². The second kappa shape index (κ2) is 6.71. The molecule has 0 aromatic rings. The Hall–Kier alpha value is -0.130. The van der Waals surface area contributed by atoms with Gasteiger partial charge in [-0.15, -0.1) is 0 Å². The summed E-state index contributed by atoms with van der Waals surface area (Å²) in [7, 11) is -3.17. The van der Waals surface area contributed by atoms with Crippen LogP contribution in [0.3, 0.4) is 0 Å². The minimum atomic E-state index is -3.17. The first kappa shape index (κ1) is 14.9. The van der Waals surface area contributed by atoms with Crippen LogP contribution in [0.25, 0.3) is 0 Å². The Morgan fingerprint density at radius 2 is 2.00 bits per heavy atom. The third-order valence-corrected chi connectivity index (χ3v) is 6.34. The SMILES string of the molecule is CCC1CCCN(S(=O)(=O)C(CC)CN)CC1. The van der Waals surface area contributed by atoms with Gasteiger partial charge in [0.1, 0.15) is 0 Å². The molecule has 2 N–H and O–H groups in total. The van der Waals surface area contributed by atoms with Gasteiger partial charge >= 0.3 is 0 Å². The van der Waals surface area contributed by atoms with E-state index in [0.29, 0.717) is 25.4 Å². The first-order chi connectivity index (χ1) is 8.06. The van der Waals surface area contributed by atoms with Crippen molar-refractivity contribution in [2.75, 3.05) is 19.6 Å². The van der Waals surface area contributed by atoms with Crippen LogP contribution in [0, 0.1) is 5.92 Å². The minimum Gasteiger partial charge on any atom is -0.329 e. The number of rotatable bonds is 5. The zero-order chi connectivity index (χ0) is 12.9. The largest absolute Gasteiger partial charge is 0.329 e. The number of nitrogens with two attached hydrogens (primary N) is 1. The number of hydrogen-bond donors (Lipinski definition) is 1. The average molecular weight is 262 g/mol. The van der Waals surface area contributed by atoms with E-state index in [0.717, 1.165) is 25.7 Å². The summed E-state index contributed by atoms with van der Waals surface area (Å²) >= 11 is 0. The van der Waals surface area contributed by atoms with Crippen molar-refractivity contribution in [3.63, 3.8) is 0 Å². The molecule has 1 heterocycles. The number of nitrogens with zero attached hydrogens (tertiary/aromatic N) is 1. The fourth-order valence-electron chi connectivity index (χ4n) is 2.51. The molecule has 0 aromatic carbocycles. The second-order valence-electron chi connectivity index (χ2n) is 4.92. The number of sulfonamides is 1. The quantitative estimate of drug-likeness (QED) is 0.818. The molecule has 0 amide bonds. The molecule has 4 nitrogen and oxygen atoms in total. The maximum absolute atomic E-state index is 12.3. The smallest absolute Gasteiger partial charge is 0.218 e. The summed E-state index contributed by atoms with van der Waals surface area (Å²) in [4.78, 5) is 0. The van der Waals surface area contributed by atoms with Gasteiger partial charge < -0.3 is 5.73 Å². The van der Waals surface area contributed by atoms with E-state index < -0.39 is 15.3 Å². The molecule has 0 aliphatic carbocycles. The standard InChI is InChI=1S/C12H26N2O2S/c1-3-11-6-5-8-14(9-7-11)17(15,16)12(4-2)10-13/h11-12H,3-10,13H2,1-2H3. The highest BCUT2D eigenvalue weighted by Gasteiger charge is 2.31. The van der Waals surface area contributed by atoms with Crippen molar-refractivity contribution in [3.05, 3.63) is 0 Å². The maximum Gasteiger partial charge on any atom is 0.218 e. The first-order valence-corrected chi connectivity index (χ1v) is 8.25. The monoisotopic (exact) mass is 262 g/mol. The van der Waals surface area contributed by atoms with E-state index in [-0.39, 0.29) is 6.54 Å². The molecule has 2 atom stereocenters. The highest BCUT2D eigenvalue weighted by atomic mass is 32.2. The lowest BCUT2D eigenvalue weighted by molar-refractivity contribution is 0.400. The van der Waals surface area contributed by atoms with Crippen LogP contribution < -0.4 is 5.73 Å². The second-order valence-corrected chi connectivity index (χ2v) is 7.13. The van der Waals surface area contributed by atoms with Gasteiger partial charge in [-0.25, -0.2) is 12.7 Å². The topological polar surface area (TPSA) is 63.4 Å². The summed E-state index contributed by atoms with van der Waals surface area (Å²) in [6.45, 7) is 5.66. The Morgan fingerprint density at radius 1 is 1.29 bits per heavy atom. The summed E-state index contributed by atoms with van der Waals surface area (Å²) in [5.41, 5.74) is 5.56. The molecular weight excluding hydrogens is 236 g/mol. The molecule has 1 fully saturated rings. The third-order valence-electron chi connectivity index (χ3n) is 3.88. The molecule has 17 heavy (non-hydrogen) atoms. The Balaban J connectivity index is 2.72. The normalized spacial score (nSPS) is 25.5. The Morgan fingerprint density at radius 3 is 2.53 bits per heavy atom. The molecule has 0 bridgehead atoms. The van der Waals surface area contributed by atoms with Crippen LogP contribution in [-0.4, -0.2) is 37.6 Å². The van der Waals surface area contributed by atoms with Crippen molar-refractivity contribution in [2.24, 2.45) is 11.7 Å². The maximum atomic E-state index is 12.3. The predicted molar refractivity (Wildman–Crippen MR) is 71.3 cm³/mol. The van der Waals surface area contributed by atoms with Crippen LogP contribution in [0.15, 0.2) is 0 Å². The van der Waals surface area contributed by atoms with Gasteiger partial charge in [0, 0.05) is 19.6 Å². The van der Waals surface area contributed by atoms with Gasteiger partial charge in [-0.05, 0) is 31.6 Å². The van der Waals surface area contributed by atoms with Gasteiger partial charge in [-0.1, -0.05) is 20.3 Å². The average Bonchev–Trinajstić information content (AvgIpc) is 2.55. The molecule has 1 aliphatic heterocycles. The minimum absolute atomic E-state index is 0.229. The zero-order valence-corrected chi connectivity index (χ0v) is 11.9. The molecule has 1 rings (SSSR count). The Kier molecular flexibility index (Phi) is 5.89. The van der Waals surface area contributed by atoms with Gasteiger partial charge in [-0.3, -0.25) is 0 Å². The van der Waals surface area contributed by atoms with Crippen LogP contribution in [-0.2, 0) is 10.0 Å². The molecule has 1 aliphatic rings. The Labute approximate surface area is 106 Å². The summed E-state index contributed by atoms with van der Waals surface area (Å²) < 4.78 is 26.4. The van der Waals surface area contributed by atoms with E-state index in [4.69, 9.17) is 5.73 Å². The van der Waals surface area contributed by atoms with Gasteiger partial charge in [0.05, 0.1) is 5.25 Å². The summed E-state index contributed by atoms with van der Waals surface area (Å²) in [5.74, 6) is 0.688. The first-order valence-electron chi connectivity index (χ1n) is 6.75. The molecule has 1 saturated heterocycles. The van der Waals surface area contributed by atoms with E-state index in [1.54, 1.807) is 4.31 Å². The van der Waals surface area contributed by atoms with Crippen LogP contribution >= 0.6 is 0 Å². The van der Waals surface area contributed by atoms with E-state index in [9.17, 15) is 8.42 Å². The summed E-state index contributed by atoms with van der Waals surface area (Å²) in [5, 5.41) is -0.402. The lowest BCUT2D eigenvalue weighted by atomic mass is 9.98. The van der Waals surface area contributed by atoms with Gasteiger partial charge in [0.15, 0.2) is 0 Å². The molecule has 102 valence electrons. The molecule has 0 spiro atoms. The van der Waals surface area contributed by atoms with Crippen molar-refractivity contribution in [2.45, 2.75) is 51.2 Å². The van der Waals surface area contributed by atoms with Crippen LogP contribution in [0.2, 0.25) is 0 Å². The highest BCUT2D eigenvalue weighted by Crippen LogP contribution is 2.23. The molecular formula is C12H26N2O2S. The third kappa shape index (κ3) is 3.66. The molecule has 0 saturated carbocycles. The predicted octanol–water partition coefficient (Wildman–Crippen LogP) is 1.57. The van der Waals surface area contributed by atoms with Crippen LogP contribution in [0.1, 0.15) is 46.0 Å². The van der Waals surface area contributed by atoms with E-state index >= 15 is 0 Å². The molecule has 2 unspecified atom stereocenters. The summed E-state index contributed by atoms with van der Waals surface area (Å²) in [6.07, 6.45) is 4.89. The Bertz CT molecular complexity index is 312. The zero-order valence-electron chi connectivity index (χ0n) is 11.1. The summed E-state index contributed by atoms with van der Waals surface area (Å²) in [6, 6.07) is 0. The fourth-order valence-corrected chi connectivity index (χ4v) is 4.34. The van der Waals surface area contributed by atoms with E-state index in [1.807, 2.05) is 6.92 Å². The van der Waals surface area contributed by atoms with E-state index in [1.165, 1.54) is 0 Å². The van der Waals surface area contributed by atoms with Crippen molar-refractivity contribution >= 4 is 10.0 Å². The van der Waals surface area contributed by atoms with Gasteiger partial charge in [0.2, 0.25) is 10.0 Å². The highest BCUT2D eigenvalue weighted by molar-refractivity contribution is 7.89. The van der Waals surface area contributed by atoms with Crippen molar-refractivity contribution in [1.29, 1.82) is 0 Å². The lowest BCUT2D eigenvalue weighted by Crippen LogP contribution is -2.42. The molecule has 5 heteroatoms. The van der Waals surface area contributed by atoms with Gasteiger partial charge in [-0.2, -0.15) is 0 Å². The number of hydrogen-bond acceptors (Lipinski definition) is 3. The fraction of sp³-hybridized carbons (Fsp3) is 1.00. The molecule has 0 aromatic heterocycles. The van der Waals surface area contributed by atoms with Crippen LogP contribution in [0.5, 0.6) is 0 Å². The van der Waals surface area contributed by atoms with Crippen molar-refractivity contribution in [1.82, 2.24) is 4.31 Å². The molecule has 0 radical (unpaired) electrons. The lowest BCUT2D eigenvalue weighted by Gasteiger charge is -2.25. The van der Waals surface area contributed by atoms with Crippen LogP contribution in [0.4, 0.5) is 0 Å². The van der Waals surface area contributed by atoms with Gasteiger partial charge in [0.25, 0.3) is 0 Å². The van der Waals surface area contributed by atoms with E-state index in [2.05, 4.69) is 6.92 Å². The van der Waals surface area contributed by atoms with Crippen molar-refractivity contribution < 1.29 is 8.42 Å².